The highest BCUT2D eigenvalue weighted by Crippen LogP contribution is 2.35. The van der Waals surface area contributed by atoms with Crippen LogP contribution in [0.3, 0.4) is 0 Å². The number of hydrogen-bond donors (Lipinski definition) is 0. The molecule has 2 heterocycles. The molecule has 2 atom stereocenters. The number of hydrogen-bond acceptors (Lipinski definition) is 3. The molecule has 1 aromatic rings. The summed E-state index contributed by atoms with van der Waals surface area (Å²) in [5.41, 5.74) is -0.470. The van der Waals surface area contributed by atoms with Crippen LogP contribution in [-0.2, 0) is 22.4 Å². The van der Waals surface area contributed by atoms with Gasteiger partial charge in [0.1, 0.15) is 6.73 Å². The fourth-order valence-electron chi connectivity index (χ4n) is 2.22. The molecule has 0 spiro atoms. The zero-order chi connectivity index (χ0) is 14.0. The molecule has 1 fully saturated rings. The molecule has 0 saturated carbocycles. The third-order valence-corrected chi connectivity index (χ3v) is 3.23. The molecule has 1 aliphatic heterocycles. The predicted molar refractivity (Wildman–Crippen MR) is 61.3 cm³/mol. The van der Waals surface area contributed by atoms with Crippen LogP contribution in [0, 0.1) is 5.92 Å². The molecule has 1 aromatic heterocycles. The van der Waals surface area contributed by atoms with Crippen LogP contribution in [0.4, 0.5) is 13.2 Å². The highest BCUT2D eigenvalue weighted by Gasteiger charge is 2.36. The SMILES string of the molecule is COCn1nc(C(F)(F)F)cc1C1CC(C)CCO1. The first-order valence-corrected chi connectivity index (χ1v) is 6.17. The van der Waals surface area contributed by atoms with Gasteiger partial charge in [0, 0.05) is 13.7 Å². The molecule has 0 radical (unpaired) electrons. The van der Waals surface area contributed by atoms with Crippen molar-refractivity contribution < 1.29 is 22.6 Å². The summed E-state index contributed by atoms with van der Waals surface area (Å²) in [6, 6.07) is 1.06. The second-order valence-electron chi connectivity index (χ2n) is 4.86. The summed E-state index contributed by atoms with van der Waals surface area (Å²) < 4.78 is 49.8. The lowest BCUT2D eigenvalue weighted by atomic mass is 9.96. The Morgan fingerprint density at radius 3 is 2.84 bits per heavy atom. The first-order chi connectivity index (χ1) is 8.91. The van der Waals surface area contributed by atoms with Gasteiger partial charge in [-0.1, -0.05) is 6.92 Å². The van der Waals surface area contributed by atoms with Crippen molar-refractivity contribution in [2.24, 2.45) is 5.92 Å². The third-order valence-electron chi connectivity index (χ3n) is 3.23. The van der Waals surface area contributed by atoms with Crippen molar-refractivity contribution in [1.82, 2.24) is 9.78 Å². The Labute approximate surface area is 109 Å². The van der Waals surface area contributed by atoms with Gasteiger partial charge in [-0.25, -0.2) is 4.68 Å². The fraction of sp³-hybridized carbons (Fsp3) is 0.750. The Bertz CT molecular complexity index is 431. The van der Waals surface area contributed by atoms with Gasteiger partial charge in [-0.3, -0.25) is 0 Å². The number of ether oxygens (including phenoxy) is 2. The number of nitrogens with zero attached hydrogens (tertiary/aromatic N) is 2. The van der Waals surface area contributed by atoms with E-state index in [0.29, 0.717) is 24.6 Å². The van der Waals surface area contributed by atoms with Gasteiger partial charge in [-0.05, 0) is 24.8 Å². The summed E-state index contributed by atoms with van der Waals surface area (Å²) in [5.74, 6) is 0.430. The van der Waals surface area contributed by atoms with Crippen LogP contribution in [0.25, 0.3) is 0 Å². The molecule has 2 unspecified atom stereocenters. The van der Waals surface area contributed by atoms with E-state index in [-0.39, 0.29) is 12.8 Å². The number of methoxy groups -OCH3 is 1. The zero-order valence-corrected chi connectivity index (χ0v) is 10.9. The highest BCUT2D eigenvalue weighted by molar-refractivity contribution is 5.16. The van der Waals surface area contributed by atoms with Crippen molar-refractivity contribution in [2.75, 3.05) is 13.7 Å². The van der Waals surface area contributed by atoms with E-state index in [0.717, 1.165) is 12.5 Å². The monoisotopic (exact) mass is 278 g/mol. The van der Waals surface area contributed by atoms with Gasteiger partial charge in [-0.2, -0.15) is 18.3 Å². The lowest BCUT2D eigenvalue weighted by Crippen LogP contribution is -2.21. The Morgan fingerprint density at radius 2 is 2.26 bits per heavy atom. The number of alkyl halides is 3. The van der Waals surface area contributed by atoms with Crippen molar-refractivity contribution in [2.45, 2.75) is 38.8 Å². The average Bonchev–Trinajstić information content (AvgIpc) is 2.73. The number of rotatable bonds is 3. The molecule has 7 heteroatoms. The van der Waals surface area contributed by atoms with E-state index in [1.54, 1.807) is 0 Å². The topological polar surface area (TPSA) is 36.3 Å². The predicted octanol–water partition coefficient (Wildman–Crippen LogP) is 2.99. The van der Waals surface area contributed by atoms with Crippen LogP contribution in [0.1, 0.15) is 37.3 Å². The molecule has 108 valence electrons. The van der Waals surface area contributed by atoms with Crippen LogP contribution < -0.4 is 0 Å². The smallest absolute Gasteiger partial charge is 0.372 e. The van der Waals surface area contributed by atoms with Crippen LogP contribution in [-0.4, -0.2) is 23.5 Å². The summed E-state index contributed by atoms with van der Waals surface area (Å²) >= 11 is 0. The van der Waals surface area contributed by atoms with Gasteiger partial charge in [0.2, 0.25) is 0 Å². The van der Waals surface area contributed by atoms with E-state index >= 15 is 0 Å². The molecule has 0 N–H and O–H groups in total. The number of halogens is 3. The van der Waals surface area contributed by atoms with Crippen molar-refractivity contribution in [3.05, 3.63) is 17.5 Å². The standard InChI is InChI=1S/C12H17F3N2O2/c1-8-3-4-19-10(5-8)9-6-11(12(13,14)15)16-17(9)7-18-2/h6,8,10H,3-5,7H2,1-2H3. The van der Waals surface area contributed by atoms with Gasteiger partial charge in [0.15, 0.2) is 5.69 Å². The third kappa shape index (κ3) is 3.27. The average molecular weight is 278 g/mol. The molecule has 1 aliphatic rings. The van der Waals surface area contributed by atoms with Crippen LogP contribution in [0.2, 0.25) is 0 Å². The Kier molecular flexibility index (Phi) is 4.15. The van der Waals surface area contributed by atoms with E-state index in [9.17, 15) is 13.2 Å². The van der Waals surface area contributed by atoms with Crippen molar-refractivity contribution in [1.29, 1.82) is 0 Å². The summed E-state index contributed by atoms with van der Waals surface area (Å²) in [6.45, 7) is 2.61. The first-order valence-electron chi connectivity index (χ1n) is 6.17. The second kappa shape index (κ2) is 5.50. The van der Waals surface area contributed by atoms with Crippen molar-refractivity contribution in [3.8, 4) is 0 Å². The molecule has 4 nitrogen and oxygen atoms in total. The minimum atomic E-state index is -4.45. The molecule has 0 aliphatic carbocycles. The van der Waals surface area contributed by atoms with E-state index in [1.807, 2.05) is 0 Å². The lowest BCUT2D eigenvalue weighted by Gasteiger charge is -2.27. The molecule has 1 saturated heterocycles. The molecule has 0 bridgehead atoms. The van der Waals surface area contributed by atoms with E-state index in [1.165, 1.54) is 11.8 Å². The van der Waals surface area contributed by atoms with Gasteiger partial charge in [0.05, 0.1) is 11.8 Å². The molecular formula is C12H17F3N2O2. The summed E-state index contributed by atoms with van der Waals surface area (Å²) in [6.07, 6.45) is -3.16. The Hall–Kier alpha value is -1.08. The maximum Gasteiger partial charge on any atom is 0.435 e. The normalized spacial score (nSPS) is 24.7. The summed E-state index contributed by atoms with van der Waals surface area (Å²) in [4.78, 5) is 0. The molecule has 0 amide bonds. The zero-order valence-electron chi connectivity index (χ0n) is 10.9. The van der Waals surface area contributed by atoms with Crippen molar-refractivity contribution >= 4 is 0 Å². The number of aromatic nitrogens is 2. The molecule has 19 heavy (non-hydrogen) atoms. The Balaban J connectivity index is 2.29. The van der Waals surface area contributed by atoms with Gasteiger partial charge >= 0.3 is 6.18 Å². The molecular weight excluding hydrogens is 261 g/mol. The van der Waals surface area contributed by atoms with E-state index in [2.05, 4.69) is 12.0 Å². The summed E-state index contributed by atoms with van der Waals surface area (Å²) in [7, 11) is 1.42. The quantitative estimate of drug-likeness (QED) is 0.852. The lowest BCUT2D eigenvalue weighted by molar-refractivity contribution is -0.141. The highest BCUT2D eigenvalue weighted by atomic mass is 19.4. The van der Waals surface area contributed by atoms with E-state index in [4.69, 9.17) is 9.47 Å². The minimum Gasteiger partial charge on any atom is -0.372 e. The Morgan fingerprint density at radius 1 is 1.53 bits per heavy atom. The van der Waals surface area contributed by atoms with Gasteiger partial charge in [0.25, 0.3) is 0 Å². The van der Waals surface area contributed by atoms with Crippen molar-refractivity contribution in [3.63, 3.8) is 0 Å². The maximum atomic E-state index is 12.7. The van der Waals surface area contributed by atoms with Gasteiger partial charge < -0.3 is 9.47 Å². The van der Waals surface area contributed by atoms with Crippen LogP contribution in [0.5, 0.6) is 0 Å². The van der Waals surface area contributed by atoms with Gasteiger partial charge in [-0.15, -0.1) is 0 Å². The largest absolute Gasteiger partial charge is 0.435 e. The van der Waals surface area contributed by atoms with Crippen LogP contribution in [0.15, 0.2) is 6.07 Å². The summed E-state index contributed by atoms with van der Waals surface area (Å²) in [5, 5.41) is 3.56. The van der Waals surface area contributed by atoms with E-state index < -0.39 is 11.9 Å². The maximum absolute atomic E-state index is 12.7. The molecule has 0 aromatic carbocycles. The first kappa shape index (κ1) is 14.3. The fourth-order valence-corrected chi connectivity index (χ4v) is 2.22. The molecule has 2 rings (SSSR count). The minimum absolute atomic E-state index is 0.0142. The second-order valence-corrected chi connectivity index (χ2v) is 4.86. The van der Waals surface area contributed by atoms with Crippen LogP contribution >= 0.6 is 0 Å².